The SMILES string of the molecule is FC1CC(F)C(F)C(c2ccccc2)C1F. The van der Waals surface area contributed by atoms with Crippen molar-refractivity contribution >= 4 is 0 Å². The molecule has 4 heteroatoms. The second kappa shape index (κ2) is 4.44. The molecule has 0 radical (unpaired) electrons. The first-order valence-corrected chi connectivity index (χ1v) is 5.22. The summed E-state index contributed by atoms with van der Waals surface area (Å²) in [4.78, 5) is 0. The van der Waals surface area contributed by atoms with Crippen LogP contribution < -0.4 is 0 Å². The minimum atomic E-state index is -1.97. The van der Waals surface area contributed by atoms with E-state index < -0.39 is 37.0 Å². The first-order chi connectivity index (χ1) is 7.61. The molecule has 1 aromatic rings. The third kappa shape index (κ3) is 1.93. The van der Waals surface area contributed by atoms with Gasteiger partial charge in [-0.2, -0.15) is 0 Å². The molecule has 1 fully saturated rings. The Bertz CT molecular complexity index is 326. The first-order valence-electron chi connectivity index (χ1n) is 5.22. The van der Waals surface area contributed by atoms with Gasteiger partial charge in [-0.1, -0.05) is 30.3 Å². The molecule has 88 valence electrons. The van der Waals surface area contributed by atoms with Crippen LogP contribution in [0.15, 0.2) is 30.3 Å². The molecule has 0 spiro atoms. The fraction of sp³-hybridized carbons (Fsp3) is 0.500. The zero-order valence-electron chi connectivity index (χ0n) is 8.49. The maximum absolute atomic E-state index is 13.6. The van der Waals surface area contributed by atoms with Gasteiger partial charge in [0, 0.05) is 6.42 Å². The topological polar surface area (TPSA) is 0 Å². The number of rotatable bonds is 1. The normalized spacial score (nSPS) is 39.6. The van der Waals surface area contributed by atoms with Crippen LogP contribution in [0.1, 0.15) is 17.9 Å². The van der Waals surface area contributed by atoms with Gasteiger partial charge < -0.3 is 0 Å². The highest BCUT2D eigenvalue weighted by Gasteiger charge is 2.47. The van der Waals surface area contributed by atoms with Crippen molar-refractivity contribution in [3.8, 4) is 0 Å². The monoisotopic (exact) mass is 232 g/mol. The Labute approximate surface area is 91.3 Å². The van der Waals surface area contributed by atoms with E-state index in [-0.39, 0.29) is 0 Å². The molecule has 0 heterocycles. The predicted octanol–water partition coefficient (Wildman–Crippen LogP) is 3.53. The molecular weight excluding hydrogens is 220 g/mol. The molecule has 1 aliphatic carbocycles. The second-order valence-corrected chi connectivity index (χ2v) is 4.09. The highest BCUT2D eigenvalue weighted by molar-refractivity contribution is 5.24. The summed E-state index contributed by atoms with van der Waals surface area (Å²) in [6.45, 7) is 0. The molecular formula is C12H12F4. The molecule has 1 saturated carbocycles. The Balaban J connectivity index is 2.30. The van der Waals surface area contributed by atoms with Gasteiger partial charge in [0.15, 0.2) is 0 Å². The summed E-state index contributed by atoms with van der Waals surface area (Å²) in [7, 11) is 0. The van der Waals surface area contributed by atoms with Crippen LogP contribution in [0.3, 0.4) is 0 Å². The van der Waals surface area contributed by atoms with Crippen molar-refractivity contribution in [1.82, 2.24) is 0 Å². The van der Waals surface area contributed by atoms with Gasteiger partial charge in [0.25, 0.3) is 0 Å². The molecule has 0 N–H and O–H groups in total. The Morgan fingerprint density at radius 1 is 0.812 bits per heavy atom. The van der Waals surface area contributed by atoms with Gasteiger partial charge >= 0.3 is 0 Å². The van der Waals surface area contributed by atoms with E-state index in [2.05, 4.69) is 0 Å². The van der Waals surface area contributed by atoms with Crippen LogP contribution in [0.5, 0.6) is 0 Å². The van der Waals surface area contributed by atoms with Gasteiger partial charge in [0.2, 0.25) is 0 Å². The summed E-state index contributed by atoms with van der Waals surface area (Å²) >= 11 is 0. The lowest BCUT2D eigenvalue weighted by molar-refractivity contribution is -0.00570. The Hall–Kier alpha value is -1.06. The van der Waals surface area contributed by atoms with Crippen molar-refractivity contribution in [2.45, 2.75) is 37.0 Å². The van der Waals surface area contributed by atoms with Crippen LogP contribution in [0.2, 0.25) is 0 Å². The molecule has 1 aliphatic rings. The quantitative estimate of drug-likeness (QED) is 0.650. The van der Waals surface area contributed by atoms with Gasteiger partial charge in [-0.25, -0.2) is 17.6 Å². The van der Waals surface area contributed by atoms with E-state index >= 15 is 0 Å². The molecule has 1 aromatic carbocycles. The summed E-state index contributed by atoms with van der Waals surface area (Å²) in [6, 6.07) is 7.88. The molecule has 16 heavy (non-hydrogen) atoms. The van der Waals surface area contributed by atoms with E-state index in [0.717, 1.165) is 0 Å². The fourth-order valence-electron chi connectivity index (χ4n) is 2.14. The molecule has 0 nitrogen and oxygen atoms in total. The Morgan fingerprint density at radius 2 is 1.31 bits per heavy atom. The number of halogens is 4. The minimum Gasteiger partial charge on any atom is -0.244 e. The van der Waals surface area contributed by atoms with E-state index in [1.807, 2.05) is 0 Å². The molecule has 0 aliphatic heterocycles. The molecule has 2 rings (SSSR count). The third-order valence-corrected chi connectivity index (χ3v) is 3.01. The van der Waals surface area contributed by atoms with Crippen LogP contribution in [0, 0.1) is 0 Å². The average Bonchev–Trinajstić information content (AvgIpc) is 2.28. The van der Waals surface area contributed by atoms with Crippen molar-refractivity contribution in [1.29, 1.82) is 0 Å². The van der Waals surface area contributed by atoms with Gasteiger partial charge in [0.05, 0.1) is 5.92 Å². The van der Waals surface area contributed by atoms with E-state index in [1.165, 1.54) is 12.1 Å². The van der Waals surface area contributed by atoms with E-state index in [9.17, 15) is 17.6 Å². The first kappa shape index (κ1) is 11.4. The summed E-state index contributed by atoms with van der Waals surface area (Å²) in [5, 5.41) is 0. The van der Waals surface area contributed by atoms with Crippen molar-refractivity contribution < 1.29 is 17.6 Å². The maximum Gasteiger partial charge on any atom is 0.141 e. The third-order valence-electron chi connectivity index (χ3n) is 3.01. The smallest absolute Gasteiger partial charge is 0.141 e. The zero-order valence-corrected chi connectivity index (χ0v) is 8.49. The lowest BCUT2D eigenvalue weighted by atomic mass is 9.79. The zero-order chi connectivity index (χ0) is 11.7. The van der Waals surface area contributed by atoms with Crippen molar-refractivity contribution in [3.63, 3.8) is 0 Å². The second-order valence-electron chi connectivity index (χ2n) is 4.09. The summed E-state index contributed by atoms with van der Waals surface area (Å²) in [5.41, 5.74) is 0.313. The van der Waals surface area contributed by atoms with Crippen LogP contribution >= 0.6 is 0 Å². The number of hydrogen-bond donors (Lipinski definition) is 0. The fourth-order valence-corrected chi connectivity index (χ4v) is 2.14. The largest absolute Gasteiger partial charge is 0.244 e. The standard InChI is InChI=1S/C12H12F4/c13-8-6-9(14)12(16)10(11(8)15)7-4-2-1-3-5-7/h1-5,8-12H,6H2. The molecule has 0 amide bonds. The summed E-state index contributed by atoms with van der Waals surface area (Å²) < 4.78 is 53.4. The lowest BCUT2D eigenvalue weighted by Crippen LogP contribution is -2.43. The van der Waals surface area contributed by atoms with Crippen LogP contribution in [-0.4, -0.2) is 24.7 Å². The van der Waals surface area contributed by atoms with Gasteiger partial charge in [-0.15, -0.1) is 0 Å². The highest BCUT2D eigenvalue weighted by atomic mass is 19.2. The Morgan fingerprint density at radius 3 is 1.81 bits per heavy atom. The minimum absolute atomic E-state index is 0.313. The van der Waals surface area contributed by atoms with E-state index in [1.54, 1.807) is 18.2 Å². The van der Waals surface area contributed by atoms with Gasteiger partial charge in [-0.05, 0) is 5.56 Å². The van der Waals surface area contributed by atoms with Crippen molar-refractivity contribution in [2.24, 2.45) is 0 Å². The van der Waals surface area contributed by atoms with Crippen molar-refractivity contribution in [3.05, 3.63) is 35.9 Å². The molecule has 4 atom stereocenters. The highest BCUT2D eigenvalue weighted by Crippen LogP contribution is 2.40. The number of hydrogen-bond acceptors (Lipinski definition) is 0. The van der Waals surface area contributed by atoms with Gasteiger partial charge in [0.1, 0.15) is 24.7 Å². The lowest BCUT2D eigenvalue weighted by Gasteiger charge is -2.34. The average molecular weight is 232 g/mol. The maximum atomic E-state index is 13.6. The number of benzene rings is 1. The predicted molar refractivity (Wildman–Crippen MR) is 53.4 cm³/mol. The number of alkyl halides is 4. The molecule has 0 saturated heterocycles. The van der Waals surface area contributed by atoms with E-state index in [4.69, 9.17) is 0 Å². The summed E-state index contributed by atoms with van der Waals surface area (Å²) in [6.07, 6.45) is -8.47. The molecule has 4 unspecified atom stereocenters. The van der Waals surface area contributed by atoms with Crippen LogP contribution in [-0.2, 0) is 0 Å². The summed E-state index contributed by atoms with van der Waals surface area (Å²) in [5.74, 6) is -1.33. The van der Waals surface area contributed by atoms with Crippen LogP contribution in [0.4, 0.5) is 17.6 Å². The van der Waals surface area contributed by atoms with Crippen molar-refractivity contribution in [2.75, 3.05) is 0 Å². The molecule has 0 bridgehead atoms. The van der Waals surface area contributed by atoms with E-state index in [0.29, 0.717) is 5.56 Å². The molecule has 0 aromatic heterocycles. The van der Waals surface area contributed by atoms with Crippen LogP contribution in [0.25, 0.3) is 0 Å². The Kier molecular flexibility index (Phi) is 3.17. The van der Waals surface area contributed by atoms with Gasteiger partial charge in [-0.3, -0.25) is 0 Å².